The van der Waals surface area contributed by atoms with Crippen LogP contribution in [0.4, 0.5) is 0 Å². The zero-order valence-electron chi connectivity index (χ0n) is 9.47. The van der Waals surface area contributed by atoms with E-state index in [9.17, 15) is 4.79 Å². The Morgan fingerprint density at radius 1 is 1.50 bits per heavy atom. The van der Waals surface area contributed by atoms with E-state index in [4.69, 9.17) is 5.73 Å². The molecule has 1 unspecified atom stereocenters. The lowest BCUT2D eigenvalue weighted by molar-refractivity contribution is -0.126. The SMILES string of the molecule is CC(C)CC(CN)C(=O)NC1(C)CC1. The summed E-state index contributed by atoms with van der Waals surface area (Å²) in [6.07, 6.45) is 3.10. The molecule has 0 radical (unpaired) electrons. The molecule has 0 aromatic heterocycles. The maximum absolute atomic E-state index is 11.8. The Balaban J connectivity index is 2.39. The van der Waals surface area contributed by atoms with Gasteiger partial charge in [-0.1, -0.05) is 13.8 Å². The van der Waals surface area contributed by atoms with Gasteiger partial charge in [-0.3, -0.25) is 4.79 Å². The van der Waals surface area contributed by atoms with Crippen molar-refractivity contribution in [1.29, 1.82) is 0 Å². The molecule has 0 spiro atoms. The van der Waals surface area contributed by atoms with Gasteiger partial charge in [-0.2, -0.15) is 0 Å². The van der Waals surface area contributed by atoms with Crippen LogP contribution in [-0.2, 0) is 4.79 Å². The van der Waals surface area contributed by atoms with Crippen LogP contribution in [0.5, 0.6) is 0 Å². The molecular formula is C11H22N2O. The summed E-state index contributed by atoms with van der Waals surface area (Å²) >= 11 is 0. The molecule has 1 amide bonds. The molecule has 3 N–H and O–H groups in total. The summed E-state index contributed by atoms with van der Waals surface area (Å²) in [5, 5.41) is 3.07. The van der Waals surface area contributed by atoms with E-state index in [2.05, 4.69) is 26.1 Å². The first-order chi connectivity index (χ1) is 6.47. The first kappa shape index (κ1) is 11.5. The number of amides is 1. The summed E-state index contributed by atoms with van der Waals surface area (Å²) in [6.45, 7) is 6.79. The maximum atomic E-state index is 11.8. The quantitative estimate of drug-likeness (QED) is 0.699. The number of carbonyl (C=O) groups excluding carboxylic acids is 1. The van der Waals surface area contributed by atoms with Gasteiger partial charge in [0.2, 0.25) is 5.91 Å². The van der Waals surface area contributed by atoms with Crippen molar-refractivity contribution in [1.82, 2.24) is 5.32 Å². The Morgan fingerprint density at radius 3 is 2.43 bits per heavy atom. The molecule has 1 atom stereocenters. The number of rotatable bonds is 5. The number of hydrogen-bond acceptors (Lipinski definition) is 2. The second-order valence-corrected chi connectivity index (χ2v) is 5.11. The van der Waals surface area contributed by atoms with Gasteiger partial charge in [0, 0.05) is 12.1 Å². The maximum Gasteiger partial charge on any atom is 0.224 e. The lowest BCUT2D eigenvalue weighted by Gasteiger charge is -2.19. The number of hydrogen-bond donors (Lipinski definition) is 2. The van der Waals surface area contributed by atoms with Crippen molar-refractivity contribution in [3.05, 3.63) is 0 Å². The zero-order valence-corrected chi connectivity index (χ0v) is 9.47. The minimum atomic E-state index is -0.00701. The van der Waals surface area contributed by atoms with Crippen molar-refractivity contribution in [2.75, 3.05) is 6.54 Å². The van der Waals surface area contributed by atoms with Crippen LogP contribution in [0.1, 0.15) is 40.0 Å². The Morgan fingerprint density at radius 2 is 2.07 bits per heavy atom. The van der Waals surface area contributed by atoms with Gasteiger partial charge >= 0.3 is 0 Å². The Labute approximate surface area is 86.4 Å². The molecule has 3 heteroatoms. The minimum absolute atomic E-state index is 0.00701. The molecule has 0 bridgehead atoms. The van der Waals surface area contributed by atoms with Crippen molar-refractivity contribution in [2.24, 2.45) is 17.6 Å². The van der Waals surface area contributed by atoms with Crippen LogP contribution < -0.4 is 11.1 Å². The van der Waals surface area contributed by atoms with Crippen LogP contribution in [0, 0.1) is 11.8 Å². The number of carbonyl (C=O) groups is 1. The lowest BCUT2D eigenvalue weighted by Crippen LogP contribution is -2.41. The summed E-state index contributed by atoms with van der Waals surface area (Å²) in [6, 6.07) is 0. The highest BCUT2D eigenvalue weighted by Crippen LogP contribution is 2.34. The van der Waals surface area contributed by atoms with Gasteiger partial charge < -0.3 is 11.1 Å². The molecule has 1 aliphatic rings. The molecule has 82 valence electrons. The Kier molecular flexibility index (Phi) is 3.53. The number of nitrogens with two attached hydrogens (primary N) is 1. The molecule has 3 nitrogen and oxygen atoms in total. The molecule has 0 heterocycles. The van der Waals surface area contributed by atoms with Crippen molar-refractivity contribution >= 4 is 5.91 Å². The van der Waals surface area contributed by atoms with Crippen LogP contribution in [-0.4, -0.2) is 18.0 Å². The predicted molar refractivity (Wildman–Crippen MR) is 57.8 cm³/mol. The average Bonchev–Trinajstić information content (AvgIpc) is 2.78. The third-order valence-corrected chi connectivity index (χ3v) is 2.84. The van der Waals surface area contributed by atoms with Gasteiger partial charge in [0.1, 0.15) is 0 Å². The summed E-state index contributed by atoms with van der Waals surface area (Å²) in [5.74, 6) is 0.662. The van der Waals surface area contributed by atoms with Gasteiger partial charge in [-0.05, 0) is 32.1 Å². The van der Waals surface area contributed by atoms with Crippen LogP contribution in [0.15, 0.2) is 0 Å². The first-order valence-corrected chi connectivity index (χ1v) is 5.49. The largest absolute Gasteiger partial charge is 0.351 e. The van der Waals surface area contributed by atoms with Crippen molar-refractivity contribution in [3.8, 4) is 0 Å². The fraction of sp³-hybridized carbons (Fsp3) is 0.909. The summed E-state index contributed by atoms with van der Waals surface area (Å²) in [4.78, 5) is 11.8. The lowest BCUT2D eigenvalue weighted by atomic mass is 9.96. The standard InChI is InChI=1S/C11H22N2O/c1-8(2)6-9(7-12)10(14)13-11(3)4-5-11/h8-9H,4-7,12H2,1-3H3,(H,13,14). The normalized spacial score (nSPS) is 20.6. The molecule has 0 aliphatic heterocycles. The van der Waals surface area contributed by atoms with Gasteiger partial charge in [-0.25, -0.2) is 0 Å². The number of nitrogens with one attached hydrogen (secondary N) is 1. The fourth-order valence-corrected chi connectivity index (χ4v) is 1.59. The van der Waals surface area contributed by atoms with E-state index >= 15 is 0 Å². The summed E-state index contributed by atoms with van der Waals surface area (Å²) in [7, 11) is 0. The molecule has 0 saturated heterocycles. The van der Waals surface area contributed by atoms with Crippen LogP contribution >= 0.6 is 0 Å². The molecule has 1 saturated carbocycles. The molecule has 1 fully saturated rings. The topological polar surface area (TPSA) is 55.1 Å². The Hall–Kier alpha value is -0.570. The van der Waals surface area contributed by atoms with Gasteiger partial charge in [0.05, 0.1) is 5.92 Å². The van der Waals surface area contributed by atoms with Crippen LogP contribution in [0.25, 0.3) is 0 Å². The summed E-state index contributed by atoms with van der Waals surface area (Å²) < 4.78 is 0. The Bertz CT molecular complexity index is 209. The molecule has 0 aromatic carbocycles. The molecule has 1 rings (SSSR count). The van der Waals surface area contributed by atoms with E-state index in [-0.39, 0.29) is 17.4 Å². The third kappa shape index (κ3) is 3.29. The average molecular weight is 198 g/mol. The van der Waals surface area contributed by atoms with Gasteiger partial charge in [0.25, 0.3) is 0 Å². The van der Waals surface area contributed by atoms with Crippen molar-refractivity contribution < 1.29 is 4.79 Å². The van der Waals surface area contributed by atoms with E-state index in [0.717, 1.165) is 19.3 Å². The second kappa shape index (κ2) is 4.30. The van der Waals surface area contributed by atoms with Crippen molar-refractivity contribution in [2.45, 2.75) is 45.6 Å². The first-order valence-electron chi connectivity index (χ1n) is 5.49. The van der Waals surface area contributed by atoms with E-state index in [1.165, 1.54) is 0 Å². The van der Waals surface area contributed by atoms with E-state index < -0.39 is 0 Å². The monoisotopic (exact) mass is 198 g/mol. The van der Waals surface area contributed by atoms with Crippen LogP contribution in [0.2, 0.25) is 0 Å². The second-order valence-electron chi connectivity index (χ2n) is 5.11. The fourth-order valence-electron chi connectivity index (χ4n) is 1.59. The van der Waals surface area contributed by atoms with Gasteiger partial charge in [0.15, 0.2) is 0 Å². The third-order valence-electron chi connectivity index (χ3n) is 2.84. The minimum Gasteiger partial charge on any atom is -0.351 e. The summed E-state index contributed by atoms with van der Waals surface area (Å²) in [5.41, 5.74) is 5.69. The molecular weight excluding hydrogens is 176 g/mol. The highest BCUT2D eigenvalue weighted by Gasteiger charge is 2.39. The van der Waals surface area contributed by atoms with E-state index in [1.807, 2.05) is 0 Å². The molecule has 14 heavy (non-hydrogen) atoms. The molecule has 1 aliphatic carbocycles. The smallest absolute Gasteiger partial charge is 0.224 e. The zero-order chi connectivity index (χ0) is 10.8. The van der Waals surface area contributed by atoms with Gasteiger partial charge in [-0.15, -0.1) is 0 Å². The van der Waals surface area contributed by atoms with E-state index in [0.29, 0.717) is 12.5 Å². The predicted octanol–water partition coefficient (Wildman–Crippen LogP) is 1.28. The van der Waals surface area contributed by atoms with Crippen molar-refractivity contribution in [3.63, 3.8) is 0 Å². The van der Waals surface area contributed by atoms with E-state index in [1.54, 1.807) is 0 Å². The highest BCUT2D eigenvalue weighted by molar-refractivity contribution is 5.80. The highest BCUT2D eigenvalue weighted by atomic mass is 16.2. The molecule has 0 aromatic rings. The van der Waals surface area contributed by atoms with Crippen LogP contribution in [0.3, 0.4) is 0 Å².